The van der Waals surface area contributed by atoms with Crippen molar-refractivity contribution in [1.82, 2.24) is 10.6 Å². The minimum Gasteiger partial charge on any atom is -0.354 e. The van der Waals surface area contributed by atoms with Gasteiger partial charge in [-0.15, -0.1) is 0 Å². The van der Waals surface area contributed by atoms with Crippen LogP contribution in [0.2, 0.25) is 5.02 Å². The normalized spacial score (nSPS) is 16.7. The average molecular weight is 284 g/mol. The third-order valence-corrected chi connectivity index (χ3v) is 3.65. The molecule has 2 N–H and O–H groups in total. The Hall–Kier alpha value is -1.29. The fourth-order valence-corrected chi connectivity index (χ4v) is 2.50. The van der Waals surface area contributed by atoms with Gasteiger partial charge in [0.2, 0.25) is 0 Å². The average Bonchev–Trinajstić information content (AvgIpc) is 2.91. The maximum atomic E-state index is 13.0. The van der Waals surface area contributed by atoms with Crippen molar-refractivity contribution < 1.29 is 4.39 Å². The molecule has 104 valence electrons. The predicted octanol–water partition coefficient (Wildman–Crippen LogP) is 3.09. The van der Waals surface area contributed by atoms with Crippen LogP contribution in [-0.2, 0) is 6.54 Å². The first-order valence-electron chi connectivity index (χ1n) is 6.60. The first-order chi connectivity index (χ1) is 9.19. The van der Waals surface area contributed by atoms with Crippen molar-refractivity contribution in [2.75, 3.05) is 7.05 Å². The van der Waals surface area contributed by atoms with Gasteiger partial charge in [-0.1, -0.05) is 30.5 Å². The molecule has 0 aliphatic heterocycles. The molecular formula is C14H19ClFN3. The predicted molar refractivity (Wildman–Crippen MR) is 77.0 cm³/mol. The van der Waals surface area contributed by atoms with E-state index in [-0.39, 0.29) is 10.8 Å². The summed E-state index contributed by atoms with van der Waals surface area (Å²) in [5, 5.41) is 6.76. The minimum absolute atomic E-state index is 0.151. The van der Waals surface area contributed by atoms with Gasteiger partial charge in [-0.25, -0.2) is 4.39 Å². The fourth-order valence-electron chi connectivity index (χ4n) is 2.29. The van der Waals surface area contributed by atoms with E-state index in [2.05, 4.69) is 15.6 Å². The third-order valence-electron chi connectivity index (χ3n) is 3.36. The summed E-state index contributed by atoms with van der Waals surface area (Å²) in [6.07, 6.45) is 4.95. The number of nitrogens with zero attached hydrogens (tertiary/aromatic N) is 1. The van der Waals surface area contributed by atoms with Crippen LogP contribution < -0.4 is 10.6 Å². The second-order valence-electron chi connectivity index (χ2n) is 4.80. The van der Waals surface area contributed by atoms with E-state index >= 15 is 0 Å². The van der Waals surface area contributed by atoms with Gasteiger partial charge in [-0.05, 0) is 30.5 Å². The molecule has 0 aromatic heterocycles. The molecule has 0 heterocycles. The van der Waals surface area contributed by atoms with E-state index in [0.717, 1.165) is 11.5 Å². The van der Waals surface area contributed by atoms with E-state index < -0.39 is 0 Å². The lowest BCUT2D eigenvalue weighted by Crippen LogP contribution is -2.41. The van der Waals surface area contributed by atoms with Crippen LogP contribution in [0.1, 0.15) is 31.2 Å². The summed E-state index contributed by atoms with van der Waals surface area (Å²) in [6.45, 7) is 0.576. The van der Waals surface area contributed by atoms with Gasteiger partial charge in [-0.2, -0.15) is 0 Å². The van der Waals surface area contributed by atoms with Crippen molar-refractivity contribution in [2.24, 2.45) is 4.99 Å². The van der Waals surface area contributed by atoms with Gasteiger partial charge < -0.3 is 10.6 Å². The van der Waals surface area contributed by atoms with Crippen molar-refractivity contribution in [3.63, 3.8) is 0 Å². The second kappa shape index (κ2) is 6.75. The summed E-state index contributed by atoms with van der Waals surface area (Å²) < 4.78 is 13.0. The van der Waals surface area contributed by atoms with E-state index in [4.69, 9.17) is 11.6 Å². The molecule has 0 saturated heterocycles. The number of hydrogen-bond donors (Lipinski definition) is 2. The molecule has 0 amide bonds. The van der Waals surface area contributed by atoms with Crippen LogP contribution in [0.15, 0.2) is 23.2 Å². The van der Waals surface area contributed by atoms with Crippen LogP contribution in [0, 0.1) is 5.82 Å². The monoisotopic (exact) mass is 283 g/mol. The maximum absolute atomic E-state index is 13.0. The zero-order chi connectivity index (χ0) is 13.7. The quantitative estimate of drug-likeness (QED) is 0.661. The highest BCUT2D eigenvalue weighted by Crippen LogP contribution is 2.18. The van der Waals surface area contributed by atoms with Gasteiger partial charge in [0.05, 0.1) is 5.02 Å². The molecule has 0 spiro atoms. The molecule has 1 aromatic rings. The van der Waals surface area contributed by atoms with E-state index in [0.29, 0.717) is 12.6 Å². The van der Waals surface area contributed by atoms with E-state index in [1.54, 1.807) is 19.2 Å². The van der Waals surface area contributed by atoms with Gasteiger partial charge in [0.15, 0.2) is 5.96 Å². The van der Waals surface area contributed by atoms with Crippen molar-refractivity contribution in [3.8, 4) is 0 Å². The lowest BCUT2D eigenvalue weighted by Gasteiger charge is -2.16. The van der Waals surface area contributed by atoms with Crippen LogP contribution >= 0.6 is 11.6 Å². The highest BCUT2D eigenvalue weighted by molar-refractivity contribution is 6.30. The van der Waals surface area contributed by atoms with E-state index in [1.807, 2.05) is 0 Å². The molecular weight excluding hydrogens is 265 g/mol. The molecule has 0 atom stereocenters. The van der Waals surface area contributed by atoms with Crippen LogP contribution in [0.4, 0.5) is 4.39 Å². The van der Waals surface area contributed by atoms with Gasteiger partial charge >= 0.3 is 0 Å². The van der Waals surface area contributed by atoms with Crippen molar-refractivity contribution in [1.29, 1.82) is 0 Å². The van der Waals surface area contributed by atoms with Gasteiger partial charge in [0.1, 0.15) is 5.82 Å². The molecule has 0 unspecified atom stereocenters. The molecule has 5 heteroatoms. The number of aliphatic imine (C=N–C) groups is 1. The highest BCUT2D eigenvalue weighted by atomic mass is 35.5. The first kappa shape index (κ1) is 14.1. The Labute approximate surface area is 118 Å². The van der Waals surface area contributed by atoms with Crippen LogP contribution in [0.3, 0.4) is 0 Å². The Morgan fingerprint density at radius 1 is 1.42 bits per heavy atom. The lowest BCUT2D eigenvalue weighted by atomic mass is 10.2. The summed E-state index contributed by atoms with van der Waals surface area (Å²) in [6, 6.07) is 5.25. The Morgan fingerprint density at radius 3 is 2.79 bits per heavy atom. The molecule has 2 rings (SSSR count). The smallest absolute Gasteiger partial charge is 0.191 e. The number of guanidine groups is 1. The molecule has 1 aliphatic carbocycles. The van der Waals surface area contributed by atoms with Crippen LogP contribution in [-0.4, -0.2) is 19.0 Å². The summed E-state index contributed by atoms with van der Waals surface area (Å²) in [5.74, 6) is 0.395. The topological polar surface area (TPSA) is 36.4 Å². The number of rotatable bonds is 3. The maximum Gasteiger partial charge on any atom is 0.191 e. The second-order valence-corrected chi connectivity index (χ2v) is 5.21. The molecule has 1 fully saturated rings. The van der Waals surface area contributed by atoms with Crippen LogP contribution in [0.25, 0.3) is 0 Å². The van der Waals surface area contributed by atoms with Gasteiger partial charge in [-0.3, -0.25) is 4.99 Å². The van der Waals surface area contributed by atoms with Crippen molar-refractivity contribution in [2.45, 2.75) is 38.3 Å². The number of halogens is 2. The molecule has 1 saturated carbocycles. The summed E-state index contributed by atoms with van der Waals surface area (Å²) >= 11 is 5.75. The first-order valence-corrected chi connectivity index (χ1v) is 6.98. The summed E-state index contributed by atoms with van der Waals surface area (Å²) in [7, 11) is 1.75. The molecule has 0 bridgehead atoms. The molecule has 1 aliphatic rings. The van der Waals surface area contributed by atoms with E-state index in [1.165, 1.54) is 31.7 Å². The standard InChI is InChI=1S/C14H19ClFN3/c1-17-14(19-11-4-2-3-5-11)18-9-10-6-7-13(16)12(15)8-10/h6-8,11H,2-5,9H2,1H3,(H2,17,18,19). The molecule has 0 radical (unpaired) electrons. The minimum atomic E-state index is -0.390. The van der Waals surface area contributed by atoms with Gasteiger partial charge in [0, 0.05) is 19.6 Å². The summed E-state index contributed by atoms with van der Waals surface area (Å²) in [5.41, 5.74) is 0.931. The largest absolute Gasteiger partial charge is 0.354 e. The number of nitrogens with one attached hydrogen (secondary N) is 2. The Bertz CT molecular complexity index is 456. The molecule has 19 heavy (non-hydrogen) atoms. The summed E-state index contributed by atoms with van der Waals surface area (Å²) in [4.78, 5) is 4.19. The molecule has 3 nitrogen and oxygen atoms in total. The number of hydrogen-bond acceptors (Lipinski definition) is 1. The van der Waals surface area contributed by atoms with Crippen molar-refractivity contribution in [3.05, 3.63) is 34.6 Å². The molecule has 1 aromatic carbocycles. The Kier molecular flexibility index (Phi) is 5.02. The van der Waals surface area contributed by atoms with Crippen LogP contribution in [0.5, 0.6) is 0 Å². The lowest BCUT2D eigenvalue weighted by molar-refractivity contribution is 0.612. The SMILES string of the molecule is CN=C(NCc1ccc(F)c(Cl)c1)NC1CCCC1. The zero-order valence-corrected chi connectivity index (χ0v) is 11.8. The van der Waals surface area contributed by atoms with Crippen molar-refractivity contribution >= 4 is 17.6 Å². The van der Waals surface area contributed by atoms with Gasteiger partial charge in [0.25, 0.3) is 0 Å². The zero-order valence-electron chi connectivity index (χ0n) is 11.0. The third kappa shape index (κ3) is 4.10. The Balaban J connectivity index is 1.86. The van der Waals surface area contributed by atoms with E-state index in [9.17, 15) is 4.39 Å². The highest BCUT2D eigenvalue weighted by Gasteiger charge is 2.15. The Morgan fingerprint density at radius 2 is 2.16 bits per heavy atom. The number of benzene rings is 1. The fraction of sp³-hybridized carbons (Fsp3) is 0.500.